The van der Waals surface area contributed by atoms with Crippen molar-refractivity contribution in [3.8, 4) is 11.9 Å². The van der Waals surface area contributed by atoms with Crippen LogP contribution in [0.15, 0.2) is 18.3 Å². The number of nitriles is 1. The van der Waals surface area contributed by atoms with Gasteiger partial charge < -0.3 is 10.1 Å². The van der Waals surface area contributed by atoms with Crippen LogP contribution in [0, 0.1) is 16.7 Å². The van der Waals surface area contributed by atoms with E-state index in [0.717, 1.165) is 25.7 Å². The van der Waals surface area contributed by atoms with E-state index in [1.54, 1.807) is 12.1 Å². The number of amides is 1. The molecule has 0 unspecified atom stereocenters. The fraction of sp³-hybridized carbons (Fsp3) is 0.611. The average Bonchev–Trinajstić information content (AvgIpc) is 2.48. The molecule has 1 amide bonds. The topological polar surface area (TPSA) is 75.0 Å². The largest absolute Gasteiger partial charge is 0.474 e. The summed E-state index contributed by atoms with van der Waals surface area (Å²) in [5.41, 5.74) is 0.550. The van der Waals surface area contributed by atoms with Crippen LogP contribution in [0.3, 0.4) is 0 Å². The summed E-state index contributed by atoms with van der Waals surface area (Å²) >= 11 is 0. The summed E-state index contributed by atoms with van der Waals surface area (Å²) in [7, 11) is 0. The number of ether oxygens (including phenoxy) is 1. The van der Waals surface area contributed by atoms with Crippen molar-refractivity contribution in [3.05, 3.63) is 23.9 Å². The Bertz CT molecular complexity index is 561. The van der Waals surface area contributed by atoms with Crippen LogP contribution in [0.5, 0.6) is 5.88 Å². The minimum absolute atomic E-state index is 0.0195. The second kappa shape index (κ2) is 7.45. The standard InChI is InChI=1S/C18H25N3O2/c1-18(2,3)10-16(22)21-14-5-7-15(8-6-14)23-17-9-4-13(11-19)12-20-17/h4,9,12,14-15H,5-8,10H2,1-3H3,(H,21,22). The van der Waals surface area contributed by atoms with Gasteiger partial charge in [0.25, 0.3) is 0 Å². The third-order valence-electron chi connectivity index (χ3n) is 3.88. The SMILES string of the molecule is CC(C)(C)CC(=O)NC1CCC(Oc2ccc(C#N)cn2)CC1. The molecule has 5 nitrogen and oxygen atoms in total. The fourth-order valence-corrected chi connectivity index (χ4v) is 2.77. The third kappa shape index (κ3) is 5.90. The molecular weight excluding hydrogens is 290 g/mol. The minimum Gasteiger partial charge on any atom is -0.474 e. The maximum Gasteiger partial charge on any atom is 0.220 e. The van der Waals surface area contributed by atoms with Gasteiger partial charge in [-0.3, -0.25) is 4.79 Å². The van der Waals surface area contributed by atoms with E-state index in [2.05, 4.69) is 31.1 Å². The maximum atomic E-state index is 12.0. The van der Waals surface area contributed by atoms with Crippen molar-refractivity contribution < 1.29 is 9.53 Å². The van der Waals surface area contributed by atoms with Gasteiger partial charge in [-0.2, -0.15) is 5.26 Å². The molecule has 1 N–H and O–H groups in total. The molecule has 124 valence electrons. The highest BCUT2D eigenvalue weighted by Crippen LogP contribution is 2.24. The number of carbonyl (C=O) groups is 1. The van der Waals surface area contributed by atoms with Crippen molar-refractivity contribution in [3.63, 3.8) is 0 Å². The van der Waals surface area contributed by atoms with Gasteiger partial charge in [0.05, 0.1) is 5.56 Å². The van der Waals surface area contributed by atoms with Gasteiger partial charge in [-0.05, 0) is 37.2 Å². The lowest BCUT2D eigenvalue weighted by Crippen LogP contribution is -2.40. The lowest BCUT2D eigenvalue weighted by Gasteiger charge is -2.30. The van der Waals surface area contributed by atoms with Crippen molar-refractivity contribution in [2.75, 3.05) is 0 Å². The first kappa shape index (κ1) is 17.3. The Morgan fingerprint density at radius 2 is 2.04 bits per heavy atom. The van der Waals surface area contributed by atoms with Crippen LogP contribution in [0.2, 0.25) is 0 Å². The van der Waals surface area contributed by atoms with Gasteiger partial charge in [-0.25, -0.2) is 4.98 Å². The smallest absolute Gasteiger partial charge is 0.220 e. The Morgan fingerprint density at radius 1 is 1.35 bits per heavy atom. The average molecular weight is 315 g/mol. The molecule has 0 radical (unpaired) electrons. The Labute approximate surface area is 138 Å². The summed E-state index contributed by atoms with van der Waals surface area (Å²) in [5, 5.41) is 11.9. The second-order valence-electron chi connectivity index (χ2n) is 7.39. The van der Waals surface area contributed by atoms with Crippen LogP contribution in [0.4, 0.5) is 0 Å². The van der Waals surface area contributed by atoms with E-state index >= 15 is 0 Å². The molecule has 5 heteroatoms. The second-order valence-corrected chi connectivity index (χ2v) is 7.39. The van der Waals surface area contributed by atoms with Crippen LogP contribution in [-0.4, -0.2) is 23.0 Å². The van der Waals surface area contributed by atoms with Crippen LogP contribution in [0.25, 0.3) is 0 Å². The normalized spacial score (nSPS) is 21.3. The molecule has 1 aromatic rings. The Kier molecular flexibility index (Phi) is 5.59. The van der Waals surface area contributed by atoms with Gasteiger partial charge in [0, 0.05) is 24.7 Å². The summed E-state index contributed by atoms with van der Waals surface area (Å²) in [6.45, 7) is 6.21. The predicted molar refractivity (Wildman–Crippen MR) is 87.8 cm³/mol. The van der Waals surface area contributed by atoms with E-state index in [4.69, 9.17) is 10.00 Å². The summed E-state index contributed by atoms with van der Waals surface area (Å²) in [4.78, 5) is 16.1. The van der Waals surface area contributed by atoms with Crippen molar-refractivity contribution in [1.29, 1.82) is 5.26 Å². The Hall–Kier alpha value is -2.09. The van der Waals surface area contributed by atoms with Gasteiger partial charge >= 0.3 is 0 Å². The van der Waals surface area contributed by atoms with E-state index in [0.29, 0.717) is 17.9 Å². The quantitative estimate of drug-likeness (QED) is 0.926. The molecule has 1 heterocycles. The molecular formula is C18H25N3O2. The van der Waals surface area contributed by atoms with Gasteiger partial charge in [-0.15, -0.1) is 0 Å². The number of nitrogens with zero attached hydrogens (tertiary/aromatic N) is 2. The fourth-order valence-electron chi connectivity index (χ4n) is 2.77. The molecule has 1 saturated carbocycles. The highest BCUT2D eigenvalue weighted by Gasteiger charge is 2.25. The van der Waals surface area contributed by atoms with Gasteiger partial charge in [0.1, 0.15) is 12.2 Å². The maximum absolute atomic E-state index is 12.0. The molecule has 2 rings (SSSR count). The van der Waals surface area contributed by atoms with Gasteiger partial charge in [-0.1, -0.05) is 20.8 Å². The molecule has 1 fully saturated rings. The Balaban J connectivity index is 1.75. The number of hydrogen-bond acceptors (Lipinski definition) is 4. The molecule has 0 aliphatic heterocycles. The van der Waals surface area contributed by atoms with E-state index in [1.165, 1.54) is 6.20 Å². The van der Waals surface area contributed by atoms with Crippen molar-refractivity contribution in [1.82, 2.24) is 10.3 Å². The number of nitrogens with one attached hydrogen (secondary N) is 1. The highest BCUT2D eigenvalue weighted by atomic mass is 16.5. The zero-order valence-corrected chi connectivity index (χ0v) is 14.1. The van der Waals surface area contributed by atoms with Crippen LogP contribution in [0.1, 0.15) is 58.4 Å². The summed E-state index contributed by atoms with van der Waals surface area (Å²) in [6.07, 6.45) is 5.87. The zero-order chi connectivity index (χ0) is 16.9. The molecule has 1 aliphatic rings. The van der Waals surface area contributed by atoms with E-state index in [1.807, 2.05) is 6.07 Å². The van der Waals surface area contributed by atoms with E-state index in [-0.39, 0.29) is 23.5 Å². The number of hydrogen-bond donors (Lipinski definition) is 1. The van der Waals surface area contributed by atoms with Gasteiger partial charge in [0.15, 0.2) is 0 Å². The zero-order valence-electron chi connectivity index (χ0n) is 14.1. The molecule has 0 bridgehead atoms. The number of pyridine rings is 1. The first-order valence-electron chi connectivity index (χ1n) is 8.18. The Morgan fingerprint density at radius 3 is 2.57 bits per heavy atom. The predicted octanol–water partition coefficient (Wildman–Crippen LogP) is 3.20. The lowest BCUT2D eigenvalue weighted by atomic mass is 9.90. The molecule has 0 spiro atoms. The molecule has 0 atom stereocenters. The van der Waals surface area contributed by atoms with E-state index in [9.17, 15) is 4.79 Å². The first-order chi connectivity index (χ1) is 10.9. The monoisotopic (exact) mass is 315 g/mol. The molecule has 23 heavy (non-hydrogen) atoms. The van der Waals surface area contributed by atoms with Crippen LogP contribution in [-0.2, 0) is 4.79 Å². The van der Waals surface area contributed by atoms with Crippen molar-refractivity contribution in [2.45, 2.75) is 65.0 Å². The summed E-state index contributed by atoms with van der Waals surface area (Å²) in [5.74, 6) is 0.694. The number of rotatable bonds is 4. The van der Waals surface area contributed by atoms with Crippen LogP contribution >= 0.6 is 0 Å². The third-order valence-corrected chi connectivity index (χ3v) is 3.88. The summed E-state index contributed by atoms with van der Waals surface area (Å²) in [6, 6.07) is 5.73. The van der Waals surface area contributed by atoms with Crippen LogP contribution < -0.4 is 10.1 Å². The molecule has 1 aliphatic carbocycles. The van der Waals surface area contributed by atoms with Gasteiger partial charge in [0.2, 0.25) is 11.8 Å². The lowest BCUT2D eigenvalue weighted by molar-refractivity contribution is -0.123. The minimum atomic E-state index is 0.0195. The first-order valence-corrected chi connectivity index (χ1v) is 8.18. The summed E-state index contributed by atoms with van der Waals surface area (Å²) < 4.78 is 5.86. The highest BCUT2D eigenvalue weighted by molar-refractivity contribution is 5.76. The number of carbonyl (C=O) groups excluding carboxylic acids is 1. The van der Waals surface area contributed by atoms with E-state index < -0.39 is 0 Å². The molecule has 1 aromatic heterocycles. The van der Waals surface area contributed by atoms with Crippen molar-refractivity contribution >= 4 is 5.91 Å². The molecule has 0 saturated heterocycles. The number of aromatic nitrogens is 1. The molecule has 0 aromatic carbocycles. The van der Waals surface area contributed by atoms with Crippen molar-refractivity contribution in [2.24, 2.45) is 5.41 Å².